The van der Waals surface area contributed by atoms with E-state index in [-0.39, 0.29) is 12.0 Å². The van der Waals surface area contributed by atoms with Gasteiger partial charge in [-0.05, 0) is 24.6 Å². The second-order valence-electron chi connectivity index (χ2n) is 6.48. The lowest BCUT2D eigenvalue weighted by atomic mass is 10.1. The van der Waals surface area contributed by atoms with E-state index in [1.165, 1.54) is 0 Å². The lowest BCUT2D eigenvalue weighted by molar-refractivity contribution is 0.361. The summed E-state index contributed by atoms with van der Waals surface area (Å²) in [5.41, 5.74) is 7.81. The van der Waals surface area contributed by atoms with Gasteiger partial charge in [-0.3, -0.25) is 4.99 Å². The SMILES string of the molecule is CC(CN=C(N)NC(C)c1ccc(Cl)cc1Cl)c1nc(-c2ccccc2)no1. The van der Waals surface area contributed by atoms with Gasteiger partial charge < -0.3 is 15.6 Å². The van der Waals surface area contributed by atoms with Crippen molar-refractivity contribution in [2.75, 3.05) is 6.54 Å². The molecule has 3 rings (SSSR count). The Hall–Kier alpha value is -2.57. The van der Waals surface area contributed by atoms with Crippen molar-refractivity contribution >= 4 is 29.2 Å². The highest BCUT2D eigenvalue weighted by Gasteiger charge is 2.16. The van der Waals surface area contributed by atoms with Gasteiger partial charge in [0, 0.05) is 15.6 Å². The summed E-state index contributed by atoms with van der Waals surface area (Å²) >= 11 is 12.2. The Labute approximate surface area is 173 Å². The topological polar surface area (TPSA) is 89.3 Å². The Morgan fingerprint density at radius 1 is 1.18 bits per heavy atom. The minimum Gasteiger partial charge on any atom is -0.370 e. The molecule has 0 saturated heterocycles. The average molecular weight is 418 g/mol. The van der Waals surface area contributed by atoms with Gasteiger partial charge in [0.15, 0.2) is 5.96 Å². The molecular weight excluding hydrogens is 397 g/mol. The van der Waals surface area contributed by atoms with Gasteiger partial charge >= 0.3 is 0 Å². The predicted octanol–water partition coefficient (Wildman–Crippen LogP) is 4.81. The highest BCUT2D eigenvalue weighted by Crippen LogP contribution is 2.26. The Morgan fingerprint density at radius 2 is 1.93 bits per heavy atom. The molecule has 0 saturated carbocycles. The molecule has 2 unspecified atom stereocenters. The van der Waals surface area contributed by atoms with Crippen molar-refractivity contribution in [3.8, 4) is 11.4 Å². The molecule has 2 aromatic carbocycles. The van der Waals surface area contributed by atoms with Gasteiger partial charge in [-0.2, -0.15) is 4.98 Å². The van der Waals surface area contributed by atoms with Crippen molar-refractivity contribution in [3.05, 3.63) is 70.0 Å². The van der Waals surface area contributed by atoms with Crippen LogP contribution >= 0.6 is 23.2 Å². The van der Waals surface area contributed by atoms with Gasteiger partial charge in [0.1, 0.15) is 0 Å². The quantitative estimate of drug-likeness (QED) is 0.443. The highest BCUT2D eigenvalue weighted by molar-refractivity contribution is 6.35. The summed E-state index contributed by atoms with van der Waals surface area (Å²) < 4.78 is 5.37. The van der Waals surface area contributed by atoms with Crippen molar-refractivity contribution in [1.29, 1.82) is 0 Å². The van der Waals surface area contributed by atoms with Crippen molar-refractivity contribution in [2.24, 2.45) is 10.7 Å². The van der Waals surface area contributed by atoms with E-state index >= 15 is 0 Å². The van der Waals surface area contributed by atoms with E-state index in [0.717, 1.165) is 11.1 Å². The molecule has 0 fully saturated rings. The molecule has 3 N–H and O–H groups in total. The number of aromatic nitrogens is 2. The number of benzene rings is 2. The molecule has 8 heteroatoms. The van der Waals surface area contributed by atoms with E-state index in [4.69, 9.17) is 33.5 Å². The molecular formula is C20H21Cl2N5O. The summed E-state index contributed by atoms with van der Waals surface area (Å²) in [6.45, 7) is 4.32. The zero-order valence-electron chi connectivity index (χ0n) is 15.6. The monoisotopic (exact) mass is 417 g/mol. The molecule has 0 amide bonds. The zero-order valence-corrected chi connectivity index (χ0v) is 17.1. The lowest BCUT2D eigenvalue weighted by Crippen LogP contribution is -2.34. The van der Waals surface area contributed by atoms with Crippen LogP contribution in [0.5, 0.6) is 0 Å². The summed E-state index contributed by atoms with van der Waals surface area (Å²) in [5.74, 6) is 1.32. The van der Waals surface area contributed by atoms with Crippen molar-refractivity contribution < 1.29 is 4.52 Å². The first-order valence-corrected chi connectivity index (χ1v) is 9.60. The largest absolute Gasteiger partial charge is 0.370 e. The molecule has 0 spiro atoms. The summed E-state index contributed by atoms with van der Waals surface area (Å²) in [6, 6.07) is 14.9. The first-order valence-electron chi connectivity index (χ1n) is 8.84. The fraction of sp³-hybridized carbons (Fsp3) is 0.250. The molecule has 1 aromatic heterocycles. The van der Waals surface area contributed by atoms with Crippen LogP contribution in [0.2, 0.25) is 10.0 Å². The van der Waals surface area contributed by atoms with Gasteiger partial charge in [0.2, 0.25) is 11.7 Å². The van der Waals surface area contributed by atoms with Crippen LogP contribution in [0.1, 0.15) is 37.3 Å². The molecule has 0 bridgehead atoms. The number of guanidine groups is 1. The van der Waals surface area contributed by atoms with E-state index in [1.807, 2.05) is 50.2 Å². The first kappa shape index (κ1) is 20.2. The molecule has 0 radical (unpaired) electrons. The molecule has 3 aromatic rings. The third-order valence-corrected chi connectivity index (χ3v) is 4.79. The molecule has 2 atom stereocenters. The van der Waals surface area contributed by atoms with Crippen LogP contribution in [0.15, 0.2) is 58.0 Å². The van der Waals surface area contributed by atoms with E-state index in [1.54, 1.807) is 12.1 Å². The normalized spacial score (nSPS) is 13.9. The third-order valence-electron chi connectivity index (χ3n) is 4.22. The molecule has 1 heterocycles. The number of hydrogen-bond donors (Lipinski definition) is 2. The molecule has 6 nitrogen and oxygen atoms in total. The number of nitrogens with one attached hydrogen (secondary N) is 1. The zero-order chi connectivity index (χ0) is 20.1. The van der Waals surface area contributed by atoms with E-state index in [2.05, 4.69) is 20.4 Å². The van der Waals surface area contributed by atoms with Crippen molar-refractivity contribution in [1.82, 2.24) is 15.5 Å². The summed E-state index contributed by atoms with van der Waals surface area (Å²) in [4.78, 5) is 8.83. The number of nitrogens with zero attached hydrogens (tertiary/aromatic N) is 3. The van der Waals surface area contributed by atoms with Gasteiger partial charge in [-0.15, -0.1) is 0 Å². The van der Waals surface area contributed by atoms with E-state index in [9.17, 15) is 0 Å². The first-order chi connectivity index (χ1) is 13.4. The lowest BCUT2D eigenvalue weighted by Gasteiger charge is -2.16. The molecule has 28 heavy (non-hydrogen) atoms. The molecule has 0 aliphatic rings. The number of halogens is 2. The molecule has 0 aliphatic heterocycles. The maximum Gasteiger partial charge on any atom is 0.231 e. The van der Waals surface area contributed by atoms with Crippen molar-refractivity contribution in [3.63, 3.8) is 0 Å². The second-order valence-corrected chi connectivity index (χ2v) is 7.32. The van der Waals surface area contributed by atoms with Crippen LogP contribution in [0.4, 0.5) is 0 Å². The molecule has 146 valence electrons. The average Bonchev–Trinajstić information content (AvgIpc) is 3.17. The Bertz CT molecular complexity index is 958. The minimum atomic E-state index is -0.114. The Morgan fingerprint density at radius 3 is 2.64 bits per heavy atom. The van der Waals surface area contributed by atoms with Crippen LogP contribution < -0.4 is 11.1 Å². The fourth-order valence-corrected chi connectivity index (χ4v) is 3.22. The second kappa shape index (κ2) is 9.08. The standard InChI is InChI=1S/C20H21Cl2N5O/c1-12(19-26-18(27-28-19)14-6-4-3-5-7-14)11-24-20(23)25-13(2)16-9-8-15(21)10-17(16)22/h3-10,12-13H,11H2,1-2H3,(H3,23,24,25). The van der Waals surface area contributed by atoms with Crippen LogP contribution in [0, 0.1) is 0 Å². The maximum atomic E-state index is 6.24. The summed E-state index contributed by atoms with van der Waals surface area (Å²) in [7, 11) is 0. The minimum absolute atomic E-state index is 0.0697. The number of aliphatic imine (C=N–C) groups is 1. The predicted molar refractivity (Wildman–Crippen MR) is 113 cm³/mol. The van der Waals surface area contributed by atoms with E-state index < -0.39 is 0 Å². The van der Waals surface area contributed by atoms with Crippen LogP contribution in [-0.4, -0.2) is 22.6 Å². The van der Waals surface area contributed by atoms with Gasteiger partial charge in [-0.25, -0.2) is 0 Å². The van der Waals surface area contributed by atoms with Gasteiger partial charge in [0.05, 0.1) is 18.5 Å². The van der Waals surface area contributed by atoms with Gasteiger partial charge in [-0.1, -0.05) is 71.7 Å². The number of rotatable bonds is 6. The third kappa shape index (κ3) is 5.03. The summed E-state index contributed by atoms with van der Waals surface area (Å²) in [6.07, 6.45) is 0. The van der Waals surface area contributed by atoms with Crippen LogP contribution in [-0.2, 0) is 0 Å². The van der Waals surface area contributed by atoms with Crippen LogP contribution in [0.25, 0.3) is 11.4 Å². The fourth-order valence-electron chi connectivity index (χ4n) is 2.65. The van der Waals surface area contributed by atoms with Gasteiger partial charge in [0.25, 0.3) is 0 Å². The number of hydrogen-bond acceptors (Lipinski definition) is 4. The van der Waals surface area contributed by atoms with E-state index in [0.29, 0.717) is 34.3 Å². The highest BCUT2D eigenvalue weighted by atomic mass is 35.5. The Kier molecular flexibility index (Phi) is 6.54. The summed E-state index contributed by atoms with van der Waals surface area (Å²) in [5, 5.41) is 8.33. The molecule has 0 aliphatic carbocycles. The maximum absolute atomic E-state index is 6.24. The van der Waals surface area contributed by atoms with Crippen molar-refractivity contribution in [2.45, 2.75) is 25.8 Å². The number of nitrogens with two attached hydrogens (primary N) is 1. The van der Waals surface area contributed by atoms with Crippen LogP contribution in [0.3, 0.4) is 0 Å². The smallest absolute Gasteiger partial charge is 0.231 e. The Balaban J connectivity index is 1.60.